The monoisotopic (exact) mass is 225 g/mol. The molecule has 0 aromatic heterocycles. The maximum absolute atomic E-state index is 2.71. The molecule has 16 heavy (non-hydrogen) atoms. The zero-order valence-electron chi connectivity index (χ0n) is 12.1. The molecule has 1 aliphatic carbocycles. The topological polar surface area (TPSA) is 3.24 Å². The van der Waals surface area contributed by atoms with Gasteiger partial charge >= 0.3 is 0 Å². The lowest BCUT2D eigenvalue weighted by Crippen LogP contribution is -2.41. The van der Waals surface area contributed by atoms with Crippen molar-refractivity contribution in [2.45, 2.75) is 72.8 Å². The Hall–Kier alpha value is -0.0400. The molecular weight excluding hydrogens is 194 g/mol. The number of hydrogen-bond donors (Lipinski definition) is 0. The van der Waals surface area contributed by atoms with Gasteiger partial charge in [-0.05, 0) is 43.7 Å². The standard InChI is InChI=1S/C15H31N/c1-6-13(15(3,4)5)11-12-16(7-2)14-9-8-10-14/h13-14H,6-12H2,1-5H3. The van der Waals surface area contributed by atoms with E-state index in [1.807, 2.05) is 0 Å². The molecule has 0 spiro atoms. The highest BCUT2D eigenvalue weighted by Crippen LogP contribution is 2.32. The minimum Gasteiger partial charge on any atom is -0.301 e. The average molecular weight is 225 g/mol. The first-order valence-corrected chi connectivity index (χ1v) is 7.23. The summed E-state index contributed by atoms with van der Waals surface area (Å²) in [5.74, 6) is 0.877. The van der Waals surface area contributed by atoms with Crippen LogP contribution < -0.4 is 0 Å². The van der Waals surface area contributed by atoms with Gasteiger partial charge in [0, 0.05) is 6.04 Å². The highest BCUT2D eigenvalue weighted by Gasteiger charge is 2.27. The van der Waals surface area contributed by atoms with Crippen LogP contribution in [0.3, 0.4) is 0 Å². The van der Waals surface area contributed by atoms with E-state index in [0.29, 0.717) is 5.41 Å². The highest BCUT2D eigenvalue weighted by atomic mass is 15.2. The van der Waals surface area contributed by atoms with Gasteiger partial charge in [-0.15, -0.1) is 0 Å². The highest BCUT2D eigenvalue weighted by molar-refractivity contribution is 4.81. The van der Waals surface area contributed by atoms with Crippen LogP contribution in [0, 0.1) is 11.3 Å². The lowest BCUT2D eigenvalue weighted by atomic mass is 9.77. The first kappa shape index (κ1) is 14.0. The minimum atomic E-state index is 0.480. The Morgan fingerprint density at radius 2 is 1.81 bits per heavy atom. The van der Waals surface area contributed by atoms with Crippen LogP contribution in [0.5, 0.6) is 0 Å². The van der Waals surface area contributed by atoms with Crippen molar-refractivity contribution in [2.24, 2.45) is 11.3 Å². The van der Waals surface area contributed by atoms with Crippen molar-refractivity contribution in [1.29, 1.82) is 0 Å². The Kier molecular flexibility index (Phi) is 5.30. The Bertz CT molecular complexity index is 188. The summed E-state index contributed by atoms with van der Waals surface area (Å²) in [6.07, 6.45) is 7.05. The predicted octanol–water partition coefficient (Wildman–Crippen LogP) is 4.32. The van der Waals surface area contributed by atoms with Crippen molar-refractivity contribution < 1.29 is 0 Å². The molecule has 1 saturated carbocycles. The largest absolute Gasteiger partial charge is 0.301 e. The lowest BCUT2D eigenvalue weighted by Gasteiger charge is -2.39. The van der Waals surface area contributed by atoms with Gasteiger partial charge in [-0.2, -0.15) is 0 Å². The summed E-state index contributed by atoms with van der Waals surface area (Å²) in [5, 5.41) is 0. The normalized spacial score (nSPS) is 19.9. The average Bonchev–Trinajstić information content (AvgIpc) is 2.11. The van der Waals surface area contributed by atoms with Gasteiger partial charge < -0.3 is 4.90 Å². The summed E-state index contributed by atoms with van der Waals surface area (Å²) in [4.78, 5) is 2.71. The quantitative estimate of drug-likeness (QED) is 0.650. The van der Waals surface area contributed by atoms with E-state index < -0.39 is 0 Å². The van der Waals surface area contributed by atoms with Gasteiger partial charge in [-0.1, -0.05) is 47.5 Å². The molecule has 1 aliphatic rings. The first-order chi connectivity index (χ1) is 7.49. The molecule has 0 aromatic rings. The molecule has 1 atom stereocenters. The van der Waals surface area contributed by atoms with Crippen molar-refractivity contribution in [2.75, 3.05) is 13.1 Å². The van der Waals surface area contributed by atoms with Crippen LogP contribution in [0.25, 0.3) is 0 Å². The molecule has 1 fully saturated rings. The second-order valence-corrected chi connectivity index (χ2v) is 6.47. The summed E-state index contributed by atoms with van der Waals surface area (Å²) in [7, 11) is 0. The molecule has 1 heteroatoms. The third-order valence-corrected chi connectivity index (χ3v) is 4.48. The van der Waals surface area contributed by atoms with Crippen molar-refractivity contribution in [3.63, 3.8) is 0 Å². The van der Waals surface area contributed by atoms with Gasteiger partial charge in [0.1, 0.15) is 0 Å². The SMILES string of the molecule is CCC(CCN(CC)C1CCC1)C(C)(C)C. The van der Waals surface area contributed by atoms with Crippen LogP contribution in [0.1, 0.15) is 66.7 Å². The fourth-order valence-corrected chi connectivity index (χ4v) is 2.92. The molecule has 0 amide bonds. The predicted molar refractivity (Wildman–Crippen MR) is 72.7 cm³/mol. The van der Waals surface area contributed by atoms with Crippen LogP contribution in [-0.4, -0.2) is 24.0 Å². The molecule has 0 aromatic carbocycles. The maximum atomic E-state index is 2.71. The Morgan fingerprint density at radius 3 is 2.12 bits per heavy atom. The fraction of sp³-hybridized carbons (Fsp3) is 1.00. The van der Waals surface area contributed by atoms with Crippen molar-refractivity contribution in [3.8, 4) is 0 Å². The number of nitrogens with zero attached hydrogens (tertiary/aromatic N) is 1. The van der Waals surface area contributed by atoms with Crippen LogP contribution >= 0.6 is 0 Å². The fourth-order valence-electron chi connectivity index (χ4n) is 2.92. The van der Waals surface area contributed by atoms with E-state index in [0.717, 1.165) is 12.0 Å². The van der Waals surface area contributed by atoms with Crippen LogP contribution in [0.2, 0.25) is 0 Å². The molecule has 1 unspecified atom stereocenters. The third kappa shape index (κ3) is 3.76. The number of rotatable bonds is 6. The van der Waals surface area contributed by atoms with Gasteiger partial charge in [0.15, 0.2) is 0 Å². The summed E-state index contributed by atoms with van der Waals surface area (Å²) < 4.78 is 0. The second-order valence-electron chi connectivity index (χ2n) is 6.47. The molecule has 0 saturated heterocycles. The minimum absolute atomic E-state index is 0.480. The van der Waals surface area contributed by atoms with E-state index >= 15 is 0 Å². The Balaban J connectivity index is 2.35. The molecule has 1 nitrogen and oxygen atoms in total. The van der Waals surface area contributed by atoms with Crippen molar-refractivity contribution >= 4 is 0 Å². The zero-order chi connectivity index (χ0) is 12.2. The van der Waals surface area contributed by atoms with E-state index in [2.05, 4.69) is 39.5 Å². The van der Waals surface area contributed by atoms with Gasteiger partial charge in [0.25, 0.3) is 0 Å². The Morgan fingerprint density at radius 1 is 1.19 bits per heavy atom. The summed E-state index contributed by atoms with van der Waals surface area (Å²) in [5.41, 5.74) is 0.480. The van der Waals surface area contributed by atoms with Gasteiger partial charge in [0.2, 0.25) is 0 Å². The van der Waals surface area contributed by atoms with Crippen LogP contribution in [0.15, 0.2) is 0 Å². The van der Waals surface area contributed by atoms with E-state index in [9.17, 15) is 0 Å². The van der Waals surface area contributed by atoms with Crippen molar-refractivity contribution in [1.82, 2.24) is 4.90 Å². The van der Waals surface area contributed by atoms with Gasteiger partial charge in [-0.25, -0.2) is 0 Å². The van der Waals surface area contributed by atoms with Crippen LogP contribution in [0.4, 0.5) is 0 Å². The first-order valence-electron chi connectivity index (χ1n) is 7.23. The molecule has 0 heterocycles. The van der Waals surface area contributed by atoms with Crippen molar-refractivity contribution in [3.05, 3.63) is 0 Å². The molecule has 96 valence electrons. The maximum Gasteiger partial charge on any atom is 0.00951 e. The summed E-state index contributed by atoms with van der Waals surface area (Å²) in [6, 6.07) is 0.919. The van der Waals surface area contributed by atoms with Gasteiger partial charge in [0.05, 0.1) is 0 Å². The molecule has 0 aliphatic heterocycles. The Labute approximate surface area is 103 Å². The van der Waals surface area contributed by atoms with E-state index in [4.69, 9.17) is 0 Å². The van der Waals surface area contributed by atoms with E-state index in [1.54, 1.807) is 0 Å². The smallest absolute Gasteiger partial charge is 0.00951 e. The van der Waals surface area contributed by atoms with E-state index in [1.165, 1.54) is 45.2 Å². The molecule has 0 radical (unpaired) electrons. The zero-order valence-corrected chi connectivity index (χ0v) is 12.1. The molecule has 1 rings (SSSR count). The molecular formula is C15H31N. The third-order valence-electron chi connectivity index (χ3n) is 4.48. The van der Waals surface area contributed by atoms with Crippen LogP contribution in [-0.2, 0) is 0 Å². The molecule has 0 bridgehead atoms. The summed E-state index contributed by atoms with van der Waals surface area (Å²) in [6.45, 7) is 14.4. The second kappa shape index (κ2) is 6.05. The summed E-state index contributed by atoms with van der Waals surface area (Å²) >= 11 is 0. The van der Waals surface area contributed by atoms with E-state index in [-0.39, 0.29) is 0 Å². The number of hydrogen-bond acceptors (Lipinski definition) is 1. The lowest BCUT2D eigenvalue weighted by molar-refractivity contribution is 0.109. The van der Waals surface area contributed by atoms with Gasteiger partial charge in [-0.3, -0.25) is 0 Å². The molecule has 0 N–H and O–H groups in total.